The lowest BCUT2D eigenvalue weighted by molar-refractivity contribution is 0.413. The molecule has 25 heavy (non-hydrogen) atoms. The van der Waals surface area contributed by atoms with Gasteiger partial charge in [0.15, 0.2) is 0 Å². The fraction of sp³-hybridized carbons (Fsp3) is 0.250. The third-order valence-corrected chi connectivity index (χ3v) is 5.40. The van der Waals surface area contributed by atoms with E-state index >= 15 is 0 Å². The Hall–Kier alpha value is -1.88. The van der Waals surface area contributed by atoms with E-state index in [2.05, 4.69) is 5.32 Å². The molecule has 2 aromatic carbocycles. The highest BCUT2D eigenvalue weighted by atomic mass is 31.1. The van der Waals surface area contributed by atoms with Gasteiger partial charge in [-0.25, -0.2) is 5.32 Å². The monoisotopic (exact) mass is 383 g/mol. The van der Waals surface area contributed by atoms with E-state index in [0.29, 0.717) is 22.6 Å². The molecule has 0 aliphatic rings. The summed E-state index contributed by atoms with van der Waals surface area (Å²) < 4.78 is 33.7. The number of nitrogens with one attached hydrogen (secondary N) is 1. The average Bonchev–Trinajstić information content (AvgIpc) is 2.62. The molecule has 132 valence electrons. The topological polar surface area (TPSA) is 105 Å². The van der Waals surface area contributed by atoms with Crippen LogP contribution in [-0.2, 0) is 9.13 Å². The Bertz CT molecular complexity index is 672. The van der Waals surface area contributed by atoms with E-state index in [4.69, 9.17) is 9.47 Å². The lowest BCUT2D eigenvalue weighted by atomic mass is 10.2. The predicted octanol–water partition coefficient (Wildman–Crippen LogP) is 3.46. The van der Waals surface area contributed by atoms with Crippen LogP contribution in [-0.4, -0.2) is 24.0 Å². The van der Waals surface area contributed by atoms with Gasteiger partial charge in [0, 0.05) is 11.1 Å². The van der Waals surface area contributed by atoms with E-state index in [9.17, 15) is 18.9 Å². The van der Waals surface area contributed by atoms with Gasteiger partial charge in [-0.3, -0.25) is 0 Å². The van der Waals surface area contributed by atoms with E-state index in [1.807, 2.05) is 0 Å². The van der Waals surface area contributed by atoms with Crippen molar-refractivity contribution >= 4 is 16.1 Å². The summed E-state index contributed by atoms with van der Waals surface area (Å²) >= 11 is 0. The smallest absolute Gasteiger partial charge is 0.497 e. The number of hydrogen-bond acceptors (Lipinski definition) is 5. The molecular weight excluding hydrogens is 364 g/mol. The largest absolute Gasteiger partial charge is 0.529 e. The molecule has 0 amide bonds. The van der Waals surface area contributed by atoms with Gasteiger partial charge in [-0.2, -0.15) is 9.79 Å². The van der Waals surface area contributed by atoms with Crippen molar-refractivity contribution in [3.8, 4) is 11.5 Å². The molecule has 0 saturated heterocycles. The summed E-state index contributed by atoms with van der Waals surface area (Å²) in [7, 11) is -2.31. The molecule has 4 atom stereocenters. The van der Waals surface area contributed by atoms with Gasteiger partial charge in [0.1, 0.15) is 11.5 Å². The first-order chi connectivity index (χ1) is 12.0. The quantitative estimate of drug-likeness (QED) is 0.600. The van der Waals surface area contributed by atoms with Crippen LogP contribution < -0.4 is 14.8 Å². The van der Waals surface area contributed by atoms with Crippen LogP contribution in [0.15, 0.2) is 48.5 Å². The van der Waals surface area contributed by atoms with E-state index in [-0.39, 0.29) is 0 Å². The van der Waals surface area contributed by atoms with Gasteiger partial charge in [-0.1, -0.05) is 0 Å². The zero-order valence-electron chi connectivity index (χ0n) is 13.7. The Labute approximate surface area is 147 Å². The minimum absolute atomic E-state index is 0.514. The summed E-state index contributed by atoms with van der Waals surface area (Å²) in [5.41, 5.74) is 1.03. The summed E-state index contributed by atoms with van der Waals surface area (Å²) in [6.07, 6.45) is 0. The molecular formula is C16H19NO6P2+2. The van der Waals surface area contributed by atoms with E-state index < -0.39 is 27.6 Å². The van der Waals surface area contributed by atoms with Gasteiger partial charge in [0.05, 0.1) is 14.2 Å². The third-order valence-electron chi connectivity index (χ3n) is 3.62. The first-order valence-corrected chi connectivity index (χ1v) is 9.87. The second-order valence-electron chi connectivity index (χ2n) is 5.12. The molecule has 0 aliphatic heterocycles. The van der Waals surface area contributed by atoms with E-state index in [0.717, 1.165) is 0 Å². The number of ether oxygens (including phenoxy) is 2. The molecule has 0 bridgehead atoms. The van der Waals surface area contributed by atoms with Crippen molar-refractivity contribution in [2.24, 2.45) is 0 Å². The van der Waals surface area contributed by atoms with Gasteiger partial charge in [0.25, 0.3) is 11.6 Å². The Kier molecular flexibility index (Phi) is 7.00. The molecule has 0 aliphatic carbocycles. The molecule has 2 aromatic rings. The van der Waals surface area contributed by atoms with Crippen molar-refractivity contribution in [1.29, 1.82) is 0 Å². The zero-order valence-corrected chi connectivity index (χ0v) is 15.5. The Balaban J connectivity index is 2.29. The van der Waals surface area contributed by atoms with E-state index in [1.165, 1.54) is 14.2 Å². The zero-order chi connectivity index (χ0) is 18.4. The van der Waals surface area contributed by atoms with Gasteiger partial charge in [-0.15, -0.1) is 0 Å². The maximum atomic E-state index is 11.8. The second-order valence-corrected chi connectivity index (χ2v) is 7.37. The predicted molar refractivity (Wildman–Crippen MR) is 94.3 cm³/mol. The minimum atomic E-state index is -2.68. The highest BCUT2D eigenvalue weighted by molar-refractivity contribution is 7.39. The van der Waals surface area contributed by atoms with Crippen molar-refractivity contribution in [1.82, 2.24) is 5.32 Å². The van der Waals surface area contributed by atoms with Crippen LogP contribution in [0, 0.1) is 0 Å². The lowest BCUT2D eigenvalue weighted by Gasteiger charge is -2.12. The van der Waals surface area contributed by atoms with Crippen molar-refractivity contribution in [3.63, 3.8) is 0 Å². The van der Waals surface area contributed by atoms with Crippen LogP contribution >= 0.6 is 16.1 Å². The number of hydrogen-bond donors (Lipinski definition) is 3. The molecule has 7 nitrogen and oxygen atoms in total. The van der Waals surface area contributed by atoms with Gasteiger partial charge >= 0.3 is 16.1 Å². The fourth-order valence-corrected chi connectivity index (χ4v) is 3.82. The molecule has 0 fully saturated rings. The maximum absolute atomic E-state index is 11.8. The minimum Gasteiger partial charge on any atom is -0.497 e. The first-order valence-electron chi connectivity index (χ1n) is 7.30. The van der Waals surface area contributed by atoms with Crippen LogP contribution in [0.3, 0.4) is 0 Å². The van der Waals surface area contributed by atoms with Crippen LogP contribution in [0.25, 0.3) is 0 Å². The van der Waals surface area contributed by atoms with Crippen molar-refractivity contribution in [3.05, 3.63) is 59.7 Å². The SMILES string of the molecule is COc1ccc([C@@H](N[C@@H](c2ccc(OC)cc2)[P+](=O)O)[P+](=O)O)cc1. The van der Waals surface area contributed by atoms with E-state index in [1.54, 1.807) is 48.5 Å². The Morgan fingerprint density at radius 1 is 0.760 bits per heavy atom. The summed E-state index contributed by atoms with van der Waals surface area (Å²) in [5, 5.41) is 2.81. The first kappa shape index (κ1) is 19.4. The summed E-state index contributed by atoms with van der Waals surface area (Å²) in [6.45, 7) is 0. The molecule has 0 radical (unpaired) electrons. The molecule has 0 heterocycles. The van der Waals surface area contributed by atoms with Crippen molar-refractivity contribution in [2.45, 2.75) is 11.6 Å². The Morgan fingerprint density at radius 3 is 1.32 bits per heavy atom. The molecule has 0 saturated carbocycles. The normalized spacial score (nSPS) is 14.4. The highest BCUT2D eigenvalue weighted by Gasteiger charge is 2.41. The van der Waals surface area contributed by atoms with Gasteiger partial charge in [-0.05, 0) is 57.7 Å². The maximum Gasteiger partial charge on any atom is 0.529 e. The highest BCUT2D eigenvalue weighted by Crippen LogP contribution is 2.43. The molecule has 9 heteroatoms. The lowest BCUT2D eigenvalue weighted by Crippen LogP contribution is -2.22. The summed E-state index contributed by atoms with van der Waals surface area (Å²) in [6, 6.07) is 13.2. The van der Waals surface area contributed by atoms with Gasteiger partial charge in [0.2, 0.25) is 0 Å². The average molecular weight is 383 g/mol. The fourth-order valence-electron chi connectivity index (χ4n) is 2.30. The Morgan fingerprint density at radius 2 is 1.08 bits per heavy atom. The number of rotatable bonds is 8. The number of benzene rings is 2. The van der Waals surface area contributed by atoms with Crippen LogP contribution in [0.2, 0.25) is 0 Å². The van der Waals surface area contributed by atoms with Crippen molar-refractivity contribution < 1.29 is 28.4 Å². The molecule has 2 rings (SSSR count). The molecule has 0 spiro atoms. The summed E-state index contributed by atoms with van der Waals surface area (Å²) in [4.78, 5) is 19.3. The summed E-state index contributed by atoms with van der Waals surface area (Å²) in [5.74, 6) is -0.788. The van der Waals surface area contributed by atoms with Crippen LogP contribution in [0.1, 0.15) is 22.7 Å². The van der Waals surface area contributed by atoms with Crippen molar-refractivity contribution in [2.75, 3.05) is 14.2 Å². The van der Waals surface area contributed by atoms with Crippen LogP contribution in [0.5, 0.6) is 11.5 Å². The number of methoxy groups -OCH3 is 2. The third kappa shape index (κ3) is 5.05. The molecule has 3 N–H and O–H groups in total. The molecule has 0 aromatic heterocycles. The standard InChI is InChI=1S/C16H17NO6P2/c1-22-13-7-3-11(4-8-13)15(24(18)19)17-16(25(20)21)12-5-9-14(23-2)10-6-12/h3-10,15-17H,1-2H3/p+2/t15-,16+. The second kappa shape index (κ2) is 8.99. The van der Waals surface area contributed by atoms with Gasteiger partial charge < -0.3 is 9.47 Å². The molecule has 2 unspecified atom stereocenters. The van der Waals surface area contributed by atoms with Crippen LogP contribution in [0.4, 0.5) is 0 Å².